The van der Waals surface area contributed by atoms with E-state index in [9.17, 15) is 9.18 Å². The summed E-state index contributed by atoms with van der Waals surface area (Å²) < 4.78 is 20.2. The number of amides is 1. The number of anilines is 1. The van der Waals surface area contributed by atoms with Crippen molar-refractivity contribution in [1.82, 2.24) is 4.57 Å². The number of carbonyl (C=O) groups excluding carboxylic acids is 1. The van der Waals surface area contributed by atoms with Crippen molar-refractivity contribution >= 4 is 22.5 Å². The van der Waals surface area contributed by atoms with Gasteiger partial charge in [0.2, 0.25) is 0 Å². The molecule has 0 spiro atoms. The number of fused-ring (bicyclic) bond motifs is 1. The fourth-order valence-corrected chi connectivity index (χ4v) is 2.53. The highest BCUT2D eigenvalue weighted by Gasteiger charge is 2.14. The molecule has 0 aliphatic rings. The van der Waals surface area contributed by atoms with Gasteiger partial charge < -0.3 is 14.6 Å². The van der Waals surface area contributed by atoms with Crippen molar-refractivity contribution in [3.63, 3.8) is 0 Å². The predicted molar refractivity (Wildman–Crippen MR) is 88.4 cm³/mol. The molecule has 0 saturated carbocycles. The molecule has 0 aliphatic heterocycles. The van der Waals surface area contributed by atoms with E-state index in [2.05, 4.69) is 5.32 Å². The van der Waals surface area contributed by atoms with Crippen LogP contribution in [0.1, 0.15) is 17.4 Å². The monoisotopic (exact) mass is 312 g/mol. The Kier molecular flexibility index (Phi) is 4.02. The molecular weight excluding hydrogens is 295 g/mol. The van der Waals surface area contributed by atoms with Gasteiger partial charge in [-0.3, -0.25) is 4.79 Å². The number of carbonyl (C=O) groups is 1. The Morgan fingerprint density at radius 1 is 1.17 bits per heavy atom. The summed E-state index contributed by atoms with van der Waals surface area (Å²) in [5.74, 6) is 0.195. The third kappa shape index (κ3) is 3.04. The summed E-state index contributed by atoms with van der Waals surface area (Å²) in [6.07, 6.45) is 0. The fourth-order valence-electron chi connectivity index (χ4n) is 2.53. The van der Waals surface area contributed by atoms with E-state index in [0.29, 0.717) is 18.0 Å². The lowest BCUT2D eigenvalue weighted by Gasteiger charge is -2.06. The van der Waals surface area contributed by atoms with Crippen LogP contribution in [0.25, 0.3) is 10.9 Å². The van der Waals surface area contributed by atoms with Crippen molar-refractivity contribution in [1.29, 1.82) is 0 Å². The van der Waals surface area contributed by atoms with E-state index in [1.807, 2.05) is 42.8 Å². The van der Waals surface area contributed by atoms with Crippen molar-refractivity contribution < 1.29 is 13.9 Å². The van der Waals surface area contributed by atoms with Crippen LogP contribution >= 0.6 is 0 Å². The van der Waals surface area contributed by atoms with Gasteiger partial charge in [-0.05, 0) is 55.5 Å². The minimum absolute atomic E-state index is 0.242. The van der Waals surface area contributed by atoms with Crippen molar-refractivity contribution in [2.45, 2.75) is 6.92 Å². The second-order valence-electron chi connectivity index (χ2n) is 5.20. The minimum Gasteiger partial charge on any atom is -0.494 e. The van der Waals surface area contributed by atoms with Gasteiger partial charge in [0.1, 0.15) is 17.3 Å². The van der Waals surface area contributed by atoms with Crippen LogP contribution in [0.3, 0.4) is 0 Å². The van der Waals surface area contributed by atoms with Crippen molar-refractivity contribution in [3.05, 3.63) is 60.0 Å². The zero-order valence-corrected chi connectivity index (χ0v) is 13.0. The van der Waals surface area contributed by atoms with Crippen LogP contribution < -0.4 is 10.1 Å². The molecule has 1 heterocycles. The third-order valence-electron chi connectivity index (χ3n) is 3.66. The normalized spacial score (nSPS) is 10.7. The zero-order chi connectivity index (χ0) is 16.4. The first-order chi connectivity index (χ1) is 11.1. The molecule has 2 aromatic carbocycles. The Labute approximate surface area is 133 Å². The van der Waals surface area contributed by atoms with Crippen molar-refractivity contribution in [3.8, 4) is 5.75 Å². The maximum atomic E-state index is 12.9. The van der Waals surface area contributed by atoms with E-state index in [0.717, 1.165) is 16.7 Å². The molecule has 0 aliphatic carbocycles. The molecule has 0 radical (unpaired) electrons. The lowest BCUT2D eigenvalue weighted by atomic mass is 10.2. The quantitative estimate of drug-likeness (QED) is 0.792. The standard InChI is InChI=1S/C18H17FN2O2/c1-3-23-15-8-9-16-12(10-15)11-17(21(16)2)18(22)20-14-6-4-13(19)5-7-14/h4-11H,3H2,1-2H3,(H,20,22). The molecule has 23 heavy (non-hydrogen) atoms. The number of hydrogen-bond acceptors (Lipinski definition) is 2. The lowest BCUT2D eigenvalue weighted by Crippen LogP contribution is -2.15. The summed E-state index contributed by atoms with van der Waals surface area (Å²) in [4.78, 5) is 12.4. The van der Waals surface area contributed by atoms with Crippen molar-refractivity contribution in [2.24, 2.45) is 7.05 Å². The van der Waals surface area contributed by atoms with E-state index in [4.69, 9.17) is 4.74 Å². The number of nitrogens with one attached hydrogen (secondary N) is 1. The molecule has 0 fully saturated rings. The number of ether oxygens (including phenoxy) is 1. The van der Waals surface area contributed by atoms with E-state index < -0.39 is 0 Å². The Morgan fingerprint density at radius 3 is 2.61 bits per heavy atom. The highest BCUT2D eigenvalue weighted by atomic mass is 19.1. The number of aromatic nitrogens is 1. The third-order valence-corrected chi connectivity index (χ3v) is 3.66. The first-order valence-electron chi connectivity index (χ1n) is 7.37. The van der Waals surface area contributed by atoms with Gasteiger partial charge in [0.05, 0.1) is 6.61 Å². The Balaban J connectivity index is 1.90. The Morgan fingerprint density at radius 2 is 1.91 bits per heavy atom. The molecule has 0 bridgehead atoms. The molecule has 0 unspecified atom stereocenters. The molecule has 118 valence electrons. The number of hydrogen-bond donors (Lipinski definition) is 1. The molecule has 1 N–H and O–H groups in total. The lowest BCUT2D eigenvalue weighted by molar-refractivity contribution is 0.101. The molecule has 1 amide bonds. The SMILES string of the molecule is CCOc1ccc2c(c1)cc(C(=O)Nc1ccc(F)cc1)n2C. The topological polar surface area (TPSA) is 43.3 Å². The molecule has 5 heteroatoms. The van der Waals surface area contributed by atoms with Crippen LogP contribution in [0.2, 0.25) is 0 Å². The van der Waals surface area contributed by atoms with E-state index >= 15 is 0 Å². The zero-order valence-electron chi connectivity index (χ0n) is 13.0. The Bertz CT molecular complexity index is 853. The average Bonchev–Trinajstić information content (AvgIpc) is 2.87. The minimum atomic E-state index is -0.337. The summed E-state index contributed by atoms with van der Waals surface area (Å²) in [5.41, 5.74) is 2.02. The van der Waals surface area contributed by atoms with Gasteiger partial charge in [-0.2, -0.15) is 0 Å². The van der Waals surface area contributed by atoms with Crippen LogP contribution in [0.5, 0.6) is 5.75 Å². The highest BCUT2D eigenvalue weighted by molar-refractivity contribution is 6.06. The number of rotatable bonds is 4. The molecule has 3 rings (SSSR count). The predicted octanol–water partition coefficient (Wildman–Crippen LogP) is 3.97. The van der Waals surface area contributed by atoms with Gasteiger partial charge in [0, 0.05) is 23.6 Å². The summed E-state index contributed by atoms with van der Waals surface area (Å²) in [5, 5.41) is 3.70. The fraction of sp³-hybridized carbons (Fsp3) is 0.167. The van der Waals surface area contributed by atoms with Gasteiger partial charge >= 0.3 is 0 Å². The number of benzene rings is 2. The van der Waals surface area contributed by atoms with E-state index in [-0.39, 0.29) is 11.7 Å². The molecule has 1 aromatic heterocycles. The smallest absolute Gasteiger partial charge is 0.272 e. The highest BCUT2D eigenvalue weighted by Crippen LogP contribution is 2.24. The number of nitrogens with zero attached hydrogens (tertiary/aromatic N) is 1. The van der Waals surface area contributed by atoms with E-state index in [1.54, 1.807) is 0 Å². The van der Waals surface area contributed by atoms with Crippen LogP contribution in [-0.2, 0) is 7.05 Å². The maximum Gasteiger partial charge on any atom is 0.272 e. The first-order valence-corrected chi connectivity index (χ1v) is 7.37. The van der Waals surface area contributed by atoms with Crippen LogP contribution in [0, 0.1) is 5.82 Å². The first kappa shape index (κ1) is 15.1. The second-order valence-corrected chi connectivity index (χ2v) is 5.20. The molecule has 0 atom stereocenters. The summed E-state index contributed by atoms with van der Waals surface area (Å²) in [7, 11) is 1.84. The van der Waals surface area contributed by atoms with Crippen LogP contribution in [-0.4, -0.2) is 17.1 Å². The maximum absolute atomic E-state index is 12.9. The molecular formula is C18H17FN2O2. The van der Waals surface area contributed by atoms with Crippen molar-refractivity contribution in [2.75, 3.05) is 11.9 Å². The number of aryl methyl sites for hydroxylation is 1. The molecule has 4 nitrogen and oxygen atoms in total. The average molecular weight is 312 g/mol. The van der Waals surface area contributed by atoms with Gasteiger partial charge in [0.25, 0.3) is 5.91 Å². The molecule has 0 saturated heterocycles. The molecule has 3 aromatic rings. The van der Waals surface area contributed by atoms with Crippen LogP contribution in [0.15, 0.2) is 48.5 Å². The largest absolute Gasteiger partial charge is 0.494 e. The number of halogens is 1. The van der Waals surface area contributed by atoms with E-state index in [1.165, 1.54) is 24.3 Å². The van der Waals surface area contributed by atoms with Gasteiger partial charge in [0.15, 0.2) is 0 Å². The van der Waals surface area contributed by atoms with Gasteiger partial charge in [-0.25, -0.2) is 4.39 Å². The van der Waals surface area contributed by atoms with Gasteiger partial charge in [-0.1, -0.05) is 0 Å². The summed E-state index contributed by atoms with van der Waals surface area (Å²) >= 11 is 0. The van der Waals surface area contributed by atoms with Gasteiger partial charge in [-0.15, -0.1) is 0 Å². The summed E-state index contributed by atoms with van der Waals surface area (Å²) in [6, 6.07) is 13.2. The Hall–Kier alpha value is -2.82. The second kappa shape index (κ2) is 6.12. The summed E-state index contributed by atoms with van der Waals surface area (Å²) in [6.45, 7) is 2.52. The van der Waals surface area contributed by atoms with Crippen LogP contribution in [0.4, 0.5) is 10.1 Å².